The van der Waals surface area contributed by atoms with Crippen molar-refractivity contribution in [1.82, 2.24) is 15.3 Å². The highest BCUT2D eigenvalue weighted by Gasteiger charge is 2.29. The predicted molar refractivity (Wildman–Crippen MR) is 73.0 cm³/mol. The lowest BCUT2D eigenvalue weighted by Crippen LogP contribution is -2.25. The van der Waals surface area contributed by atoms with E-state index >= 15 is 0 Å². The van der Waals surface area contributed by atoms with Crippen LogP contribution >= 0.6 is 11.8 Å². The van der Waals surface area contributed by atoms with Crippen molar-refractivity contribution in [2.45, 2.75) is 16.8 Å². The summed E-state index contributed by atoms with van der Waals surface area (Å²) in [6.45, 7) is 0.394. The zero-order valence-electron chi connectivity index (χ0n) is 10.8. The van der Waals surface area contributed by atoms with Crippen LogP contribution in [0.3, 0.4) is 0 Å². The molecule has 0 fully saturated rings. The molecule has 112 valence electrons. The first-order chi connectivity index (χ1) is 9.94. The zero-order chi connectivity index (χ0) is 15.3. The highest BCUT2D eigenvalue weighted by atomic mass is 32.2. The molecule has 2 rings (SSSR count). The van der Waals surface area contributed by atoms with Gasteiger partial charge in [-0.1, -0.05) is 0 Å². The summed E-state index contributed by atoms with van der Waals surface area (Å²) in [4.78, 5) is 18.8. The average molecular weight is 315 g/mol. The van der Waals surface area contributed by atoms with Gasteiger partial charge in [-0.3, -0.25) is 4.79 Å². The Morgan fingerprint density at radius 1 is 1.29 bits per heavy atom. The number of imidazole rings is 1. The first kappa shape index (κ1) is 15.4. The number of nitrogens with one attached hydrogen (secondary N) is 2. The van der Waals surface area contributed by atoms with Crippen molar-refractivity contribution in [3.63, 3.8) is 0 Å². The minimum Gasteiger partial charge on any atom is -0.352 e. The number of hydrogen-bond acceptors (Lipinski definition) is 3. The standard InChI is InChI=1S/C13H12F3N3OS/c14-13(15,16)21-10-3-1-9(2-4-10)12(20)19-6-5-11-17-7-8-18-11/h1-4,7-8H,5-6H2,(H,17,18)(H,19,20). The first-order valence-electron chi connectivity index (χ1n) is 6.06. The minimum absolute atomic E-state index is 0.0506. The van der Waals surface area contributed by atoms with Gasteiger partial charge in [0.25, 0.3) is 5.91 Å². The summed E-state index contributed by atoms with van der Waals surface area (Å²) in [5.41, 5.74) is -4.01. The summed E-state index contributed by atoms with van der Waals surface area (Å²) in [6.07, 6.45) is 3.86. The fourth-order valence-corrected chi connectivity index (χ4v) is 2.18. The maximum Gasteiger partial charge on any atom is 0.446 e. The lowest BCUT2D eigenvalue weighted by atomic mass is 10.2. The molecule has 1 amide bonds. The second kappa shape index (κ2) is 6.66. The molecule has 0 radical (unpaired) electrons. The van der Waals surface area contributed by atoms with Gasteiger partial charge in [0, 0.05) is 35.8 Å². The Morgan fingerprint density at radius 3 is 2.57 bits per heavy atom. The molecule has 2 N–H and O–H groups in total. The molecule has 0 saturated carbocycles. The number of rotatable bonds is 5. The van der Waals surface area contributed by atoms with E-state index in [9.17, 15) is 18.0 Å². The van der Waals surface area contributed by atoms with Gasteiger partial charge in [0.05, 0.1) is 0 Å². The number of aromatic amines is 1. The van der Waals surface area contributed by atoms with Gasteiger partial charge in [0.2, 0.25) is 0 Å². The van der Waals surface area contributed by atoms with Crippen molar-refractivity contribution in [1.29, 1.82) is 0 Å². The van der Waals surface area contributed by atoms with E-state index in [4.69, 9.17) is 0 Å². The third-order valence-corrected chi connectivity index (χ3v) is 3.29. The largest absolute Gasteiger partial charge is 0.446 e. The van der Waals surface area contributed by atoms with Crippen LogP contribution in [0.1, 0.15) is 16.2 Å². The summed E-state index contributed by atoms with van der Waals surface area (Å²) in [7, 11) is 0. The fraction of sp³-hybridized carbons (Fsp3) is 0.231. The number of carbonyl (C=O) groups excluding carboxylic acids is 1. The molecule has 4 nitrogen and oxygen atoms in total. The number of hydrogen-bond donors (Lipinski definition) is 2. The summed E-state index contributed by atoms with van der Waals surface area (Å²) in [5.74, 6) is 0.428. The topological polar surface area (TPSA) is 57.8 Å². The summed E-state index contributed by atoms with van der Waals surface area (Å²) in [6, 6.07) is 5.30. The number of benzene rings is 1. The first-order valence-corrected chi connectivity index (χ1v) is 6.88. The maximum atomic E-state index is 12.2. The highest BCUT2D eigenvalue weighted by molar-refractivity contribution is 8.00. The van der Waals surface area contributed by atoms with E-state index in [2.05, 4.69) is 15.3 Å². The van der Waals surface area contributed by atoms with E-state index < -0.39 is 5.51 Å². The van der Waals surface area contributed by atoms with E-state index in [1.54, 1.807) is 12.4 Å². The Morgan fingerprint density at radius 2 is 2.00 bits per heavy atom. The molecular formula is C13H12F3N3OS. The van der Waals surface area contributed by atoms with E-state index in [0.29, 0.717) is 18.5 Å². The van der Waals surface area contributed by atoms with Gasteiger partial charge in [-0.2, -0.15) is 13.2 Å². The smallest absolute Gasteiger partial charge is 0.352 e. The van der Waals surface area contributed by atoms with Gasteiger partial charge in [-0.15, -0.1) is 0 Å². The van der Waals surface area contributed by atoms with Gasteiger partial charge < -0.3 is 10.3 Å². The Bertz CT molecular complexity index is 582. The average Bonchev–Trinajstić information content (AvgIpc) is 2.91. The molecule has 0 bridgehead atoms. The molecule has 0 spiro atoms. The van der Waals surface area contributed by atoms with Gasteiger partial charge in [0.1, 0.15) is 5.82 Å². The quantitative estimate of drug-likeness (QED) is 0.834. The summed E-state index contributed by atoms with van der Waals surface area (Å²) < 4.78 is 36.5. The van der Waals surface area contributed by atoms with Crippen LogP contribution in [0.5, 0.6) is 0 Å². The molecule has 0 aliphatic carbocycles. The van der Waals surface area contributed by atoms with E-state index in [1.807, 2.05) is 0 Å². The van der Waals surface area contributed by atoms with Crippen LogP contribution in [0.2, 0.25) is 0 Å². The van der Waals surface area contributed by atoms with Gasteiger partial charge >= 0.3 is 5.51 Å². The molecule has 0 aliphatic heterocycles. The number of H-pyrrole nitrogens is 1. The third-order valence-electron chi connectivity index (χ3n) is 2.55. The molecule has 0 aliphatic rings. The van der Waals surface area contributed by atoms with E-state index in [1.165, 1.54) is 24.3 Å². The van der Waals surface area contributed by atoms with E-state index in [0.717, 1.165) is 5.82 Å². The second-order valence-electron chi connectivity index (χ2n) is 4.11. The number of halogens is 3. The lowest BCUT2D eigenvalue weighted by molar-refractivity contribution is -0.0328. The van der Waals surface area contributed by atoms with Crippen molar-refractivity contribution in [3.05, 3.63) is 48.0 Å². The monoisotopic (exact) mass is 315 g/mol. The molecule has 21 heavy (non-hydrogen) atoms. The Hall–Kier alpha value is -1.96. The van der Waals surface area contributed by atoms with Crippen molar-refractivity contribution in [2.75, 3.05) is 6.54 Å². The van der Waals surface area contributed by atoms with Crippen LogP contribution in [0.15, 0.2) is 41.6 Å². The number of carbonyl (C=O) groups is 1. The number of aromatic nitrogens is 2. The number of amides is 1. The van der Waals surface area contributed by atoms with Crippen molar-refractivity contribution in [3.8, 4) is 0 Å². The highest BCUT2D eigenvalue weighted by Crippen LogP contribution is 2.36. The van der Waals surface area contributed by atoms with Crippen LogP contribution in [0, 0.1) is 0 Å². The van der Waals surface area contributed by atoms with Crippen molar-refractivity contribution < 1.29 is 18.0 Å². The Balaban J connectivity index is 1.85. The second-order valence-corrected chi connectivity index (χ2v) is 5.25. The van der Waals surface area contributed by atoms with Crippen LogP contribution in [-0.2, 0) is 6.42 Å². The predicted octanol–water partition coefficient (Wildman–Crippen LogP) is 2.99. The molecule has 8 heteroatoms. The molecule has 1 aromatic carbocycles. The minimum atomic E-state index is -4.33. The van der Waals surface area contributed by atoms with Crippen LogP contribution in [-0.4, -0.2) is 27.9 Å². The Kier molecular flexibility index (Phi) is 4.89. The Labute approximate surface area is 123 Å². The molecule has 2 aromatic rings. The molecular weight excluding hydrogens is 303 g/mol. The lowest BCUT2D eigenvalue weighted by Gasteiger charge is -2.07. The van der Waals surface area contributed by atoms with Crippen LogP contribution in [0.25, 0.3) is 0 Å². The molecule has 1 aromatic heterocycles. The maximum absolute atomic E-state index is 12.2. The normalized spacial score (nSPS) is 11.4. The number of nitrogens with zero attached hydrogens (tertiary/aromatic N) is 1. The summed E-state index contributed by atoms with van der Waals surface area (Å²) >= 11 is -0.207. The third kappa shape index (κ3) is 5.14. The number of alkyl halides is 3. The van der Waals surface area contributed by atoms with Gasteiger partial charge in [-0.05, 0) is 36.0 Å². The van der Waals surface area contributed by atoms with Gasteiger partial charge in [-0.25, -0.2) is 4.98 Å². The van der Waals surface area contributed by atoms with Crippen molar-refractivity contribution >= 4 is 17.7 Å². The molecule has 0 atom stereocenters. The van der Waals surface area contributed by atoms with Gasteiger partial charge in [0.15, 0.2) is 0 Å². The molecule has 1 heterocycles. The fourth-order valence-electron chi connectivity index (χ4n) is 1.64. The molecule has 0 unspecified atom stereocenters. The zero-order valence-corrected chi connectivity index (χ0v) is 11.6. The molecule has 0 saturated heterocycles. The van der Waals surface area contributed by atoms with Crippen LogP contribution < -0.4 is 5.32 Å². The summed E-state index contributed by atoms with van der Waals surface area (Å²) in [5, 5.41) is 2.68. The van der Waals surface area contributed by atoms with Crippen LogP contribution in [0.4, 0.5) is 13.2 Å². The van der Waals surface area contributed by atoms with E-state index in [-0.39, 0.29) is 22.6 Å². The van der Waals surface area contributed by atoms with Crippen molar-refractivity contribution in [2.24, 2.45) is 0 Å². The SMILES string of the molecule is O=C(NCCc1ncc[nH]1)c1ccc(SC(F)(F)F)cc1. The number of thioether (sulfide) groups is 1.